The zero-order valence-corrected chi connectivity index (χ0v) is 13.9. The summed E-state index contributed by atoms with van der Waals surface area (Å²) in [6.07, 6.45) is 1.63. The van der Waals surface area contributed by atoms with Gasteiger partial charge in [-0.05, 0) is 24.3 Å². The van der Waals surface area contributed by atoms with E-state index in [9.17, 15) is 9.18 Å². The fourth-order valence-corrected chi connectivity index (χ4v) is 2.81. The molecule has 1 aliphatic rings. The summed E-state index contributed by atoms with van der Waals surface area (Å²) in [5, 5.41) is 0. The zero-order chi connectivity index (χ0) is 17.9. The summed E-state index contributed by atoms with van der Waals surface area (Å²) >= 11 is 0. The van der Waals surface area contributed by atoms with Crippen molar-refractivity contribution in [1.29, 1.82) is 0 Å². The Bertz CT molecular complexity index is 910. The quantitative estimate of drug-likeness (QED) is 0.721. The van der Waals surface area contributed by atoms with Crippen molar-refractivity contribution in [1.82, 2.24) is 14.9 Å². The minimum Gasteiger partial charge on any atom is -0.484 e. The summed E-state index contributed by atoms with van der Waals surface area (Å²) in [7, 11) is 0. The monoisotopic (exact) mass is 353 g/mol. The number of hydrogen-bond acceptors (Lipinski definition) is 5. The topological polar surface area (TPSA) is 68.5 Å². The number of aromatic nitrogens is 2. The Morgan fingerprint density at radius 1 is 1.23 bits per heavy atom. The number of amides is 1. The van der Waals surface area contributed by atoms with Crippen molar-refractivity contribution in [3.63, 3.8) is 0 Å². The maximum atomic E-state index is 13.0. The molecule has 6 nitrogen and oxygen atoms in total. The van der Waals surface area contributed by atoms with Gasteiger partial charge < -0.3 is 14.1 Å². The molecule has 0 atom stereocenters. The Morgan fingerprint density at radius 2 is 2.08 bits per heavy atom. The molecule has 0 N–H and O–H groups in total. The van der Waals surface area contributed by atoms with Gasteiger partial charge in [0, 0.05) is 13.0 Å². The van der Waals surface area contributed by atoms with Gasteiger partial charge in [-0.25, -0.2) is 14.4 Å². The van der Waals surface area contributed by atoms with Crippen molar-refractivity contribution >= 4 is 5.91 Å². The number of oxazole rings is 1. The summed E-state index contributed by atoms with van der Waals surface area (Å²) in [6.45, 7) is 1.05. The number of para-hydroxylation sites is 1. The molecule has 0 saturated carbocycles. The van der Waals surface area contributed by atoms with Crippen molar-refractivity contribution in [2.45, 2.75) is 19.6 Å². The van der Waals surface area contributed by atoms with Crippen LogP contribution in [-0.2, 0) is 19.6 Å². The number of nitrogens with zero attached hydrogens (tertiary/aromatic N) is 3. The number of benzene rings is 1. The lowest BCUT2D eigenvalue weighted by Crippen LogP contribution is -2.36. The van der Waals surface area contributed by atoms with Gasteiger partial charge in [-0.1, -0.05) is 18.2 Å². The maximum Gasteiger partial charge on any atom is 0.272 e. The number of fused-ring (bicyclic) bond motifs is 1. The molecular formula is C19H16FN3O3. The molecule has 2 aromatic heterocycles. The summed E-state index contributed by atoms with van der Waals surface area (Å²) in [6, 6.07) is 12.0. The summed E-state index contributed by atoms with van der Waals surface area (Å²) in [5.74, 6) is 1.14. The molecule has 0 unspecified atom stereocenters. The third kappa shape index (κ3) is 3.42. The SMILES string of the molecule is O=C(c1ccc(F)cn1)N1CCc2nc(COc3ccccc3)oc2C1. The number of carbonyl (C=O) groups is 1. The molecule has 26 heavy (non-hydrogen) atoms. The van der Waals surface area contributed by atoms with Crippen molar-refractivity contribution in [2.24, 2.45) is 0 Å². The van der Waals surface area contributed by atoms with E-state index in [0.29, 0.717) is 31.2 Å². The lowest BCUT2D eigenvalue weighted by molar-refractivity contribution is 0.0712. The van der Waals surface area contributed by atoms with Gasteiger partial charge in [0.1, 0.15) is 23.0 Å². The predicted molar refractivity (Wildman–Crippen MR) is 89.9 cm³/mol. The van der Waals surface area contributed by atoms with E-state index in [1.165, 1.54) is 12.1 Å². The summed E-state index contributed by atoms with van der Waals surface area (Å²) < 4.78 is 24.4. The van der Waals surface area contributed by atoms with E-state index >= 15 is 0 Å². The minimum absolute atomic E-state index is 0.210. The molecule has 4 rings (SSSR count). The number of pyridine rings is 1. The number of carbonyl (C=O) groups excluding carboxylic acids is 1. The van der Waals surface area contributed by atoms with E-state index in [0.717, 1.165) is 17.6 Å². The summed E-state index contributed by atoms with van der Waals surface area (Å²) in [5.41, 5.74) is 1.05. The van der Waals surface area contributed by atoms with Crippen LogP contribution in [0.25, 0.3) is 0 Å². The van der Waals surface area contributed by atoms with Crippen LogP contribution in [0.3, 0.4) is 0 Å². The highest BCUT2D eigenvalue weighted by Crippen LogP contribution is 2.22. The van der Waals surface area contributed by atoms with Crippen LogP contribution in [0.5, 0.6) is 5.75 Å². The van der Waals surface area contributed by atoms with Gasteiger partial charge in [-0.15, -0.1) is 0 Å². The van der Waals surface area contributed by atoms with Crippen LogP contribution in [0, 0.1) is 5.82 Å². The first-order chi connectivity index (χ1) is 12.7. The van der Waals surface area contributed by atoms with E-state index in [1.807, 2.05) is 30.3 Å². The second-order valence-corrected chi connectivity index (χ2v) is 5.92. The van der Waals surface area contributed by atoms with E-state index in [4.69, 9.17) is 9.15 Å². The molecule has 0 fully saturated rings. The molecule has 0 aliphatic carbocycles. The van der Waals surface area contributed by atoms with Crippen molar-refractivity contribution < 1.29 is 18.3 Å². The Morgan fingerprint density at radius 3 is 2.85 bits per heavy atom. The molecular weight excluding hydrogens is 337 g/mol. The normalized spacial score (nSPS) is 13.3. The van der Waals surface area contributed by atoms with Crippen LogP contribution in [0.2, 0.25) is 0 Å². The lowest BCUT2D eigenvalue weighted by Gasteiger charge is -2.24. The van der Waals surface area contributed by atoms with Crippen LogP contribution in [0.1, 0.15) is 27.8 Å². The van der Waals surface area contributed by atoms with Gasteiger partial charge in [0.2, 0.25) is 5.89 Å². The van der Waals surface area contributed by atoms with Crippen LogP contribution in [-0.4, -0.2) is 27.3 Å². The lowest BCUT2D eigenvalue weighted by atomic mass is 10.1. The molecule has 3 heterocycles. The largest absolute Gasteiger partial charge is 0.484 e. The second kappa shape index (κ2) is 6.95. The van der Waals surface area contributed by atoms with Gasteiger partial charge in [-0.3, -0.25) is 4.79 Å². The van der Waals surface area contributed by atoms with Gasteiger partial charge in [0.05, 0.1) is 18.4 Å². The van der Waals surface area contributed by atoms with Crippen LogP contribution >= 0.6 is 0 Å². The van der Waals surface area contributed by atoms with Crippen molar-refractivity contribution in [3.8, 4) is 5.75 Å². The van der Waals surface area contributed by atoms with E-state index in [-0.39, 0.29) is 18.2 Å². The van der Waals surface area contributed by atoms with Crippen molar-refractivity contribution in [2.75, 3.05) is 6.54 Å². The third-order valence-corrected chi connectivity index (χ3v) is 4.11. The first-order valence-corrected chi connectivity index (χ1v) is 8.25. The number of ether oxygens (including phenoxy) is 1. The smallest absolute Gasteiger partial charge is 0.272 e. The minimum atomic E-state index is -0.472. The van der Waals surface area contributed by atoms with Gasteiger partial charge in [0.15, 0.2) is 6.61 Å². The second-order valence-electron chi connectivity index (χ2n) is 5.92. The Balaban J connectivity index is 1.43. The average molecular weight is 353 g/mol. The molecule has 1 amide bonds. The fraction of sp³-hybridized carbons (Fsp3) is 0.211. The highest BCUT2D eigenvalue weighted by molar-refractivity contribution is 5.92. The standard InChI is InChI=1S/C19H16FN3O3/c20-13-6-7-16(21-10-13)19(24)23-9-8-15-17(11-23)26-18(22-15)12-25-14-4-2-1-3-5-14/h1-7,10H,8-9,11-12H2. The van der Waals surface area contributed by atoms with Crippen LogP contribution in [0.4, 0.5) is 4.39 Å². The number of rotatable bonds is 4. The predicted octanol–water partition coefficient (Wildman–Crippen LogP) is 2.99. The molecule has 1 aromatic carbocycles. The van der Waals surface area contributed by atoms with Gasteiger partial charge in [0.25, 0.3) is 5.91 Å². The number of hydrogen-bond donors (Lipinski definition) is 0. The molecule has 0 radical (unpaired) electrons. The van der Waals surface area contributed by atoms with Gasteiger partial charge in [-0.2, -0.15) is 0 Å². The molecule has 7 heteroatoms. The Hall–Kier alpha value is -3.22. The van der Waals surface area contributed by atoms with Crippen LogP contribution < -0.4 is 4.74 Å². The molecule has 1 aliphatic heterocycles. The first-order valence-electron chi connectivity index (χ1n) is 8.25. The highest BCUT2D eigenvalue weighted by Gasteiger charge is 2.27. The molecule has 0 saturated heterocycles. The van der Waals surface area contributed by atoms with Gasteiger partial charge >= 0.3 is 0 Å². The van der Waals surface area contributed by atoms with Crippen LogP contribution in [0.15, 0.2) is 53.1 Å². The molecule has 0 bridgehead atoms. The molecule has 132 valence electrons. The average Bonchev–Trinajstić information content (AvgIpc) is 3.09. The van der Waals surface area contributed by atoms with E-state index in [2.05, 4.69) is 9.97 Å². The molecule has 0 spiro atoms. The fourth-order valence-electron chi connectivity index (χ4n) is 2.81. The Kier molecular flexibility index (Phi) is 4.35. The third-order valence-electron chi connectivity index (χ3n) is 4.11. The zero-order valence-electron chi connectivity index (χ0n) is 13.9. The van der Waals surface area contributed by atoms with Crippen molar-refractivity contribution in [3.05, 3.63) is 77.5 Å². The maximum absolute atomic E-state index is 13.0. The van der Waals surface area contributed by atoms with E-state index < -0.39 is 5.82 Å². The first kappa shape index (κ1) is 16.3. The molecule has 3 aromatic rings. The summed E-state index contributed by atoms with van der Waals surface area (Å²) in [4.78, 5) is 22.4. The van der Waals surface area contributed by atoms with E-state index in [1.54, 1.807) is 4.90 Å². The highest BCUT2D eigenvalue weighted by atomic mass is 19.1. The number of halogens is 1. The Labute approximate surface area is 149 Å².